The van der Waals surface area contributed by atoms with Gasteiger partial charge in [-0.25, -0.2) is 13.1 Å². The molecule has 1 rings (SSSR count). The van der Waals surface area contributed by atoms with Crippen LogP contribution >= 0.6 is 11.3 Å². The van der Waals surface area contributed by atoms with Crippen molar-refractivity contribution in [1.82, 2.24) is 4.72 Å². The van der Waals surface area contributed by atoms with Gasteiger partial charge in [-0.3, -0.25) is 0 Å². The molecule has 17 heavy (non-hydrogen) atoms. The highest BCUT2D eigenvalue weighted by Gasteiger charge is 2.22. The fourth-order valence-corrected chi connectivity index (χ4v) is 3.52. The third-order valence-electron chi connectivity index (χ3n) is 2.46. The molecule has 0 bridgehead atoms. The number of aryl methyl sites for hydroxylation is 1. The van der Waals surface area contributed by atoms with E-state index in [0.29, 0.717) is 6.42 Å². The maximum atomic E-state index is 11.7. The fourth-order valence-electron chi connectivity index (χ4n) is 1.43. The van der Waals surface area contributed by atoms with E-state index < -0.39 is 15.3 Å². The van der Waals surface area contributed by atoms with Gasteiger partial charge in [-0.2, -0.15) is 0 Å². The van der Waals surface area contributed by atoms with Crippen molar-refractivity contribution in [2.75, 3.05) is 6.61 Å². The lowest BCUT2D eigenvalue weighted by Crippen LogP contribution is -2.40. The molecule has 2 atom stereocenters. The molecular weight excluding hydrogens is 258 g/mol. The number of hydrogen-bond acceptors (Lipinski definition) is 4. The van der Waals surface area contributed by atoms with Crippen molar-refractivity contribution in [3.05, 3.63) is 21.9 Å². The molecule has 0 aromatic carbocycles. The highest BCUT2D eigenvalue weighted by atomic mass is 32.2. The number of nitrogens with one attached hydrogen (secondary N) is 1. The van der Waals surface area contributed by atoms with Gasteiger partial charge in [0, 0.05) is 15.8 Å². The van der Waals surface area contributed by atoms with Crippen LogP contribution in [0.15, 0.2) is 12.1 Å². The van der Waals surface area contributed by atoms with E-state index in [-0.39, 0.29) is 12.6 Å². The minimum atomic E-state index is -3.42. The van der Waals surface area contributed by atoms with E-state index in [1.165, 1.54) is 11.8 Å². The Labute approximate surface area is 107 Å². The lowest BCUT2D eigenvalue weighted by molar-refractivity contribution is 0.294. The van der Waals surface area contributed by atoms with Crippen LogP contribution in [0.4, 0.5) is 0 Å². The molecule has 0 saturated heterocycles. The molecule has 2 N–H and O–H groups in total. The fraction of sp³-hybridized carbons (Fsp3) is 0.636. The molecule has 0 fully saturated rings. The van der Waals surface area contributed by atoms with Crippen molar-refractivity contribution in [3.8, 4) is 0 Å². The maximum Gasteiger partial charge on any atom is 0.216 e. The van der Waals surface area contributed by atoms with Gasteiger partial charge in [-0.1, -0.05) is 0 Å². The molecule has 1 heterocycles. The summed E-state index contributed by atoms with van der Waals surface area (Å²) in [7, 11) is -3.42. The molecule has 1 aromatic heterocycles. The normalized spacial score (nSPS) is 15.8. The third-order valence-corrected chi connectivity index (χ3v) is 5.42. The van der Waals surface area contributed by atoms with Crippen LogP contribution in [0, 0.1) is 6.92 Å². The smallest absolute Gasteiger partial charge is 0.216 e. The summed E-state index contributed by atoms with van der Waals surface area (Å²) in [5, 5.41) is 8.09. The van der Waals surface area contributed by atoms with Crippen LogP contribution in [-0.4, -0.2) is 31.4 Å². The molecule has 0 radical (unpaired) electrons. The van der Waals surface area contributed by atoms with Gasteiger partial charge in [-0.05, 0) is 39.3 Å². The molecular formula is C11H19NO3S2. The Morgan fingerprint density at radius 2 is 2.06 bits per heavy atom. The molecule has 0 spiro atoms. The average Bonchev–Trinajstić information content (AvgIpc) is 2.61. The number of aliphatic hydroxyl groups is 1. The molecule has 6 heteroatoms. The van der Waals surface area contributed by atoms with Crippen molar-refractivity contribution in [3.63, 3.8) is 0 Å². The van der Waals surface area contributed by atoms with Crippen molar-refractivity contribution in [1.29, 1.82) is 0 Å². The largest absolute Gasteiger partial charge is 0.395 e. The lowest BCUT2D eigenvalue weighted by atomic mass is 10.2. The zero-order chi connectivity index (χ0) is 13.1. The monoisotopic (exact) mass is 277 g/mol. The number of aliphatic hydroxyl groups excluding tert-OH is 1. The minimum absolute atomic E-state index is 0.160. The predicted octanol–water partition coefficient (Wildman–Crippen LogP) is 1.29. The van der Waals surface area contributed by atoms with Crippen molar-refractivity contribution < 1.29 is 13.5 Å². The zero-order valence-electron chi connectivity index (χ0n) is 10.3. The second kappa shape index (κ2) is 5.95. The zero-order valence-corrected chi connectivity index (χ0v) is 11.9. The first-order chi connectivity index (χ1) is 7.85. The molecule has 1 aromatic rings. The second-order valence-electron chi connectivity index (χ2n) is 4.27. The van der Waals surface area contributed by atoms with Gasteiger partial charge < -0.3 is 5.11 Å². The van der Waals surface area contributed by atoms with Gasteiger partial charge >= 0.3 is 0 Å². The first kappa shape index (κ1) is 14.6. The van der Waals surface area contributed by atoms with Crippen LogP contribution in [-0.2, 0) is 16.4 Å². The van der Waals surface area contributed by atoms with Crippen LogP contribution in [0.2, 0.25) is 0 Å². The molecule has 98 valence electrons. The van der Waals surface area contributed by atoms with Crippen LogP contribution < -0.4 is 4.72 Å². The molecule has 2 unspecified atom stereocenters. The Balaban J connectivity index is 2.58. The predicted molar refractivity (Wildman–Crippen MR) is 70.8 cm³/mol. The molecule has 0 aliphatic heterocycles. The second-order valence-corrected chi connectivity index (χ2v) is 7.78. The van der Waals surface area contributed by atoms with E-state index in [1.807, 2.05) is 26.0 Å². The van der Waals surface area contributed by atoms with Gasteiger partial charge in [-0.15, -0.1) is 11.3 Å². The summed E-state index contributed by atoms with van der Waals surface area (Å²) in [6.45, 7) is 4.98. The van der Waals surface area contributed by atoms with E-state index in [2.05, 4.69) is 4.72 Å². The highest BCUT2D eigenvalue weighted by Crippen LogP contribution is 2.17. The molecule has 0 aliphatic rings. The minimum Gasteiger partial charge on any atom is -0.395 e. The molecule has 0 aliphatic carbocycles. The van der Waals surface area contributed by atoms with Crippen molar-refractivity contribution in [2.45, 2.75) is 38.5 Å². The average molecular weight is 277 g/mol. The van der Waals surface area contributed by atoms with Crippen molar-refractivity contribution in [2.24, 2.45) is 0 Å². The summed E-state index contributed by atoms with van der Waals surface area (Å²) >= 11 is 1.67. The summed E-state index contributed by atoms with van der Waals surface area (Å²) in [6.07, 6.45) is 0.676. The number of rotatable bonds is 6. The van der Waals surface area contributed by atoms with Gasteiger partial charge in [0.2, 0.25) is 10.0 Å². The van der Waals surface area contributed by atoms with Gasteiger partial charge in [0.15, 0.2) is 0 Å². The Morgan fingerprint density at radius 1 is 1.41 bits per heavy atom. The van der Waals surface area contributed by atoms with Crippen LogP contribution in [0.25, 0.3) is 0 Å². The summed E-state index contributed by atoms with van der Waals surface area (Å²) in [5.41, 5.74) is 0. The molecule has 0 amide bonds. The Kier molecular flexibility index (Phi) is 5.12. The van der Waals surface area contributed by atoms with Crippen LogP contribution in [0.1, 0.15) is 23.6 Å². The van der Waals surface area contributed by atoms with E-state index in [0.717, 1.165) is 4.88 Å². The Bertz CT molecular complexity index is 453. The third kappa shape index (κ3) is 4.39. The van der Waals surface area contributed by atoms with E-state index >= 15 is 0 Å². The Hall–Kier alpha value is -0.430. The topological polar surface area (TPSA) is 66.4 Å². The van der Waals surface area contributed by atoms with E-state index in [9.17, 15) is 8.42 Å². The van der Waals surface area contributed by atoms with Crippen LogP contribution in [0.3, 0.4) is 0 Å². The van der Waals surface area contributed by atoms with Crippen LogP contribution in [0.5, 0.6) is 0 Å². The van der Waals surface area contributed by atoms with Crippen molar-refractivity contribution >= 4 is 21.4 Å². The lowest BCUT2D eigenvalue weighted by Gasteiger charge is -2.16. The first-order valence-corrected chi connectivity index (χ1v) is 7.88. The number of sulfonamides is 1. The molecule has 0 saturated carbocycles. The van der Waals surface area contributed by atoms with Gasteiger partial charge in [0.25, 0.3) is 0 Å². The van der Waals surface area contributed by atoms with E-state index in [4.69, 9.17) is 5.11 Å². The summed E-state index contributed by atoms with van der Waals surface area (Å²) in [5.74, 6) is 0. The Morgan fingerprint density at radius 3 is 2.53 bits per heavy atom. The van der Waals surface area contributed by atoms with Gasteiger partial charge in [0.1, 0.15) is 0 Å². The first-order valence-electron chi connectivity index (χ1n) is 5.52. The number of thiophene rings is 1. The summed E-state index contributed by atoms with van der Waals surface area (Å²) < 4.78 is 26.0. The molecule has 4 nitrogen and oxygen atoms in total. The summed E-state index contributed by atoms with van der Waals surface area (Å²) in [4.78, 5) is 2.38. The summed E-state index contributed by atoms with van der Waals surface area (Å²) in [6, 6.07) is 3.88. The van der Waals surface area contributed by atoms with Gasteiger partial charge in [0.05, 0.1) is 11.9 Å². The maximum absolute atomic E-state index is 11.7. The number of hydrogen-bond donors (Lipinski definition) is 2. The standard InChI is InChI=1S/C11H19NO3S2/c1-8(6-11-5-4-9(2)16-11)12-17(14,15)10(3)7-13/h4-5,8,10,12-13H,6-7H2,1-3H3. The quantitative estimate of drug-likeness (QED) is 0.823. The highest BCUT2D eigenvalue weighted by molar-refractivity contribution is 7.90. The van der Waals surface area contributed by atoms with E-state index in [1.54, 1.807) is 11.3 Å². The SMILES string of the molecule is Cc1ccc(CC(C)NS(=O)(=O)C(C)CO)s1.